The van der Waals surface area contributed by atoms with E-state index >= 15 is 0 Å². The number of methoxy groups -OCH3 is 1. The van der Waals surface area contributed by atoms with Gasteiger partial charge in [-0.05, 0) is 37.7 Å². The minimum atomic E-state index is -0.387. The molecule has 0 aliphatic carbocycles. The summed E-state index contributed by atoms with van der Waals surface area (Å²) >= 11 is 0. The van der Waals surface area contributed by atoms with Crippen LogP contribution in [0.5, 0.6) is 0 Å². The first-order chi connectivity index (χ1) is 10.5. The number of rotatable bonds is 5. The average molecular weight is 298 g/mol. The van der Waals surface area contributed by atoms with Gasteiger partial charge in [0.25, 0.3) is 0 Å². The molecule has 5 nitrogen and oxygen atoms in total. The number of hydrogen-bond donors (Lipinski definition) is 0. The number of benzene rings is 1. The number of ether oxygens (including phenoxy) is 1. The van der Waals surface area contributed by atoms with Gasteiger partial charge >= 0.3 is 5.97 Å². The topological polar surface area (TPSA) is 66.5 Å². The molecular weight excluding hydrogens is 280 g/mol. The second-order valence-electron chi connectivity index (χ2n) is 5.16. The first-order valence-corrected chi connectivity index (χ1v) is 6.88. The summed E-state index contributed by atoms with van der Waals surface area (Å²) in [6.07, 6.45) is 0. The van der Waals surface area contributed by atoms with Crippen molar-refractivity contribution < 1.29 is 13.9 Å². The van der Waals surface area contributed by atoms with Crippen molar-refractivity contribution in [3.8, 4) is 6.07 Å². The molecule has 0 unspecified atom stereocenters. The number of esters is 1. The summed E-state index contributed by atoms with van der Waals surface area (Å²) in [5.41, 5.74) is 2.22. The van der Waals surface area contributed by atoms with Gasteiger partial charge in [-0.3, -0.25) is 4.90 Å². The van der Waals surface area contributed by atoms with Gasteiger partial charge in [0.2, 0.25) is 0 Å². The van der Waals surface area contributed by atoms with E-state index in [1.807, 2.05) is 19.2 Å². The minimum absolute atomic E-state index is 0.387. The molecule has 5 heteroatoms. The molecule has 2 rings (SSSR count). The molecule has 22 heavy (non-hydrogen) atoms. The fraction of sp³-hybridized carbons (Fsp3) is 0.294. The van der Waals surface area contributed by atoms with E-state index in [0.717, 1.165) is 12.1 Å². The van der Waals surface area contributed by atoms with E-state index in [0.29, 0.717) is 29.2 Å². The Labute approximate surface area is 129 Å². The predicted octanol–water partition coefficient (Wildman–Crippen LogP) is 2.88. The molecule has 114 valence electrons. The zero-order valence-corrected chi connectivity index (χ0v) is 12.9. The van der Waals surface area contributed by atoms with Crippen LogP contribution >= 0.6 is 0 Å². The number of aryl methyl sites for hydroxylation is 1. The van der Waals surface area contributed by atoms with Crippen molar-refractivity contribution in [3.05, 3.63) is 58.5 Å². The number of hydrogen-bond acceptors (Lipinski definition) is 5. The van der Waals surface area contributed by atoms with E-state index in [4.69, 9.17) is 14.4 Å². The molecule has 0 amide bonds. The predicted molar refractivity (Wildman–Crippen MR) is 81.1 cm³/mol. The lowest BCUT2D eigenvalue weighted by atomic mass is 10.1. The zero-order valence-electron chi connectivity index (χ0n) is 12.9. The van der Waals surface area contributed by atoms with E-state index in [-0.39, 0.29) is 5.97 Å². The van der Waals surface area contributed by atoms with Gasteiger partial charge in [-0.1, -0.05) is 12.1 Å². The molecule has 0 spiro atoms. The van der Waals surface area contributed by atoms with Gasteiger partial charge in [0.05, 0.1) is 25.3 Å². The highest BCUT2D eigenvalue weighted by Gasteiger charge is 2.16. The highest BCUT2D eigenvalue weighted by molar-refractivity contribution is 5.90. The SMILES string of the molecule is COC(=O)c1cc(CN(C)Cc2ccc(C#N)cc2)oc1C. The molecule has 2 aromatic rings. The number of carbonyl (C=O) groups is 1. The molecule has 0 aliphatic heterocycles. The van der Waals surface area contributed by atoms with Crippen LogP contribution in [0.15, 0.2) is 34.7 Å². The third-order valence-electron chi connectivity index (χ3n) is 3.34. The summed E-state index contributed by atoms with van der Waals surface area (Å²) in [7, 11) is 3.32. The standard InChI is InChI=1S/C17H18N2O3/c1-12-16(17(20)21-3)8-15(22-12)11-19(2)10-14-6-4-13(9-18)5-7-14/h4-8H,10-11H2,1-3H3. The fourth-order valence-corrected chi connectivity index (χ4v) is 2.25. The lowest BCUT2D eigenvalue weighted by Crippen LogP contribution is -2.16. The van der Waals surface area contributed by atoms with E-state index in [9.17, 15) is 4.79 Å². The third-order valence-corrected chi connectivity index (χ3v) is 3.34. The van der Waals surface area contributed by atoms with E-state index < -0.39 is 0 Å². The second kappa shape index (κ2) is 6.92. The summed E-state index contributed by atoms with van der Waals surface area (Å²) in [6.45, 7) is 3.05. The van der Waals surface area contributed by atoms with Crippen LogP contribution in [-0.4, -0.2) is 25.0 Å². The lowest BCUT2D eigenvalue weighted by molar-refractivity contribution is 0.0599. The van der Waals surface area contributed by atoms with E-state index in [1.165, 1.54) is 7.11 Å². The molecule has 1 heterocycles. The van der Waals surface area contributed by atoms with E-state index in [1.54, 1.807) is 25.1 Å². The summed E-state index contributed by atoms with van der Waals surface area (Å²) < 4.78 is 10.3. The normalized spacial score (nSPS) is 10.5. The van der Waals surface area contributed by atoms with Crippen molar-refractivity contribution >= 4 is 5.97 Å². The molecular formula is C17H18N2O3. The Morgan fingerprint density at radius 1 is 1.32 bits per heavy atom. The maximum atomic E-state index is 11.6. The van der Waals surface area contributed by atoms with Crippen LogP contribution in [0.25, 0.3) is 0 Å². The Morgan fingerprint density at radius 2 is 2.00 bits per heavy atom. The number of furan rings is 1. The van der Waals surface area contributed by atoms with Crippen LogP contribution in [0, 0.1) is 18.3 Å². The van der Waals surface area contributed by atoms with Gasteiger partial charge in [0.1, 0.15) is 17.1 Å². The van der Waals surface area contributed by atoms with Crippen LogP contribution in [0.4, 0.5) is 0 Å². The molecule has 0 aliphatic rings. The maximum absolute atomic E-state index is 11.6. The van der Waals surface area contributed by atoms with Gasteiger partial charge in [0.15, 0.2) is 0 Å². The molecule has 0 saturated carbocycles. The third kappa shape index (κ3) is 3.74. The van der Waals surface area contributed by atoms with Gasteiger partial charge in [0, 0.05) is 6.54 Å². The first kappa shape index (κ1) is 15.8. The van der Waals surface area contributed by atoms with Crippen molar-refractivity contribution in [2.75, 3.05) is 14.2 Å². The molecule has 0 radical (unpaired) electrons. The largest absolute Gasteiger partial charge is 0.465 e. The van der Waals surface area contributed by atoms with Crippen molar-refractivity contribution in [2.24, 2.45) is 0 Å². The van der Waals surface area contributed by atoms with Gasteiger partial charge in [-0.2, -0.15) is 5.26 Å². The molecule has 0 atom stereocenters. The Morgan fingerprint density at radius 3 is 2.59 bits per heavy atom. The summed E-state index contributed by atoms with van der Waals surface area (Å²) in [6, 6.07) is 11.3. The van der Waals surface area contributed by atoms with Crippen molar-refractivity contribution in [3.63, 3.8) is 0 Å². The number of nitrogens with zero attached hydrogens (tertiary/aromatic N) is 2. The lowest BCUT2D eigenvalue weighted by Gasteiger charge is -2.15. The minimum Gasteiger partial charge on any atom is -0.465 e. The maximum Gasteiger partial charge on any atom is 0.341 e. The Bertz CT molecular complexity index is 696. The van der Waals surface area contributed by atoms with Crippen LogP contribution < -0.4 is 0 Å². The van der Waals surface area contributed by atoms with Crippen molar-refractivity contribution in [1.29, 1.82) is 5.26 Å². The van der Waals surface area contributed by atoms with Crippen LogP contribution in [0.3, 0.4) is 0 Å². The molecule has 0 bridgehead atoms. The summed E-state index contributed by atoms with van der Waals surface area (Å²) in [4.78, 5) is 13.6. The Kier molecular flexibility index (Phi) is 4.97. The highest BCUT2D eigenvalue weighted by atomic mass is 16.5. The smallest absolute Gasteiger partial charge is 0.341 e. The van der Waals surface area contributed by atoms with E-state index in [2.05, 4.69) is 11.0 Å². The van der Waals surface area contributed by atoms with Gasteiger partial charge in [-0.15, -0.1) is 0 Å². The quantitative estimate of drug-likeness (QED) is 0.794. The Hall–Kier alpha value is -2.58. The molecule has 0 fully saturated rings. The van der Waals surface area contributed by atoms with Crippen molar-refractivity contribution in [2.45, 2.75) is 20.0 Å². The average Bonchev–Trinajstić information content (AvgIpc) is 2.87. The number of carbonyl (C=O) groups excluding carboxylic acids is 1. The summed E-state index contributed by atoms with van der Waals surface area (Å²) in [5, 5.41) is 8.79. The van der Waals surface area contributed by atoms with Crippen LogP contribution in [-0.2, 0) is 17.8 Å². The fourth-order valence-electron chi connectivity index (χ4n) is 2.25. The number of nitriles is 1. The molecule has 0 N–H and O–H groups in total. The Balaban J connectivity index is 2.01. The highest BCUT2D eigenvalue weighted by Crippen LogP contribution is 2.17. The first-order valence-electron chi connectivity index (χ1n) is 6.88. The molecule has 1 aromatic heterocycles. The van der Waals surface area contributed by atoms with Crippen LogP contribution in [0.2, 0.25) is 0 Å². The zero-order chi connectivity index (χ0) is 16.1. The van der Waals surface area contributed by atoms with Gasteiger partial charge in [-0.25, -0.2) is 4.79 Å². The van der Waals surface area contributed by atoms with Crippen LogP contribution in [0.1, 0.15) is 33.0 Å². The summed E-state index contributed by atoms with van der Waals surface area (Å²) in [5.74, 6) is 0.893. The second-order valence-corrected chi connectivity index (χ2v) is 5.16. The molecule has 0 saturated heterocycles. The monoisotopic (exact) mass is 298 g/mol. The van der Waals surface area contributed by atoms with Gasteiger partial charge < -0.3 is 9.15 Å². The molecule has 1 aromatic carbocycles. The van der Waals surface area contributed by atoms with Crippen molar-refractivity contribution in [1.82, 2.24) is 4.90 Å².